The van der Waals surface area contributed by atoms with Crippen molar-refractivity contribution < 1.29 is 14.7 Å². The normalized spacial score (nSPS) is 20.3. The van der Waals surface area contributed by atoms with E-state index in [1.807, 2.05) is 0 Å². The summed E-state index contributed by atoms with van der Waals surface area (Å²) in [5.74, 6) is -1.77. The molecule has 4 nitrogen and oxygen atoms in total. The molecule has 1 aliphatic heterocycles. The van der Waals surface area contributed by atoms with Gasteiger partial charge in [-0.2, -0.15) is 0 Å². The Hall–Kier alpha value is -2.43. The molecule has 1 N–H and O–H groups in total. The Morgan fingerprint density at radius 2 is 1.92 bits per heavy atom. The van der Waals surface area contributed by atoms with E-state index in [0.717, 1.165) is 0 Å². The summed E-state index contributed by atoms with van der Waals surface area (Å²) in [6, 6.07) is 13.4. The summed E-state index contributed by atoms with van der Waals surface area (Å²) < 4.78 is 0. The van der Waals surface area contributed by atoms with Gasteiger partial charge in [0.15, 0.2) is 11.4 Å². The van der Waals surface area contributed by atoms with Crippen LogP contribution < -0.4 is 4.90 Å². The largest absolute Gasteiger partial charge is 0.375 e. The highest BCUT2D eigenvalue weighted by Gasteiger charge is 2.54. The zero-order chi connectivity index (χ0) is 18.2. The van der Waals surface area contributed by atoms with E-state index in [1.54, 1.807) is 61.5 Å². The number of rotatable bonds is 5. The van der Waals surface area contributed by atoms with Gasteiger partial charge in [-0.15, -0.1) is 6.58 Å². The monoisotopic (exact) mass is 355 g/mol. The van der Waals surface area contributed by atoms with Gasteiger partial charge < -0.3 is 10.0 Å². The quantitative estimate of drug-likeness (QED) is 0.658. The molecule has 0 unspecified atom stereocenters. The van der Waals surface area contributed by atoms with Crippen molar-refractivity contribution in [3.05, 3.63) is 77.3 Å². The molecule has 2 aromatic rings. The van der Waals surface area contributed by atoms with E-state index in [4.69, 9.17) is 11.6 Å². The van der Waals surface area contributed by atoms with Gasteiger partial charge in [0.2, 0.25) is 0 Å². The Morgan fingerprint density at radius 3 is 2.56 bits per heavy atom. The van der Waals surface area contributed by atoms with Crippen LogP contribution in [0.25, 0.3) is 0 Å². The van der Waals surface area contributed by atoms with Crippen LogP contribution in [0.4, 0.5) is 5.69 Å². The number of hydrogen-bond acceptors (Lipinski definition) is 3. The molecule has 2 aromatic carbocycles. The molecule has 5 heteroatoms. The van der Waals surface area contributed by atoms with Crippen LogP contribution in [0.1, 0.15) is 22.8 Å². The molecule has 1 amide bonds. The summed E-state index contributed by atoms with van der Waals surface area (Å²) in [6.45, 7) is 5.50. The van der Waals surface area contributed by atoms with Gasteiger partial charge in [0, 0.05) is 22.7 Å². The van der Waals surface area contributed by atoms with E-state index >= 15 is 0 Å². The summed E-state index contributed by atoms with van der Waals surface area (Å²) >= 11 is 5.86. The lowest BCUT2D eigenvalue weighted by Crippen LogP contribution is -2.47. The molecule has 0 aliphatic carbocycles. The SMILES string of the molecule is C=CCN1C(=O)[C@](O)([C@H](C)C(=O)c2ccc(Cl)cc2)c2ccccc21. The highest BCUT2D eigenvalue weighted by Crippen LogP contribution is 2.45. The summed E-state index contributed by atoms with van der Waals surface area (Å²) in [5.41, 5.74) is -0.462. The Bertz CT molecular complexity index is 846. The molecule has 0 radical (unpaired) electrons. The average Bonchev–Trinajstić information content (AvgIpc) is 2.84. The minimum Gasteiger partial charge on any atom is -0.375 e. The average molecular weight is 356 g/mol. The van der Waals surface area contributed by atoms with Gasteiger partial charge in [-0.3, -0.25) is 9.59 Å². The summed E-state index contributed by atoms with van der Waals surface area (Å²) in [6.07, 6.45) is 1.59. The molecule has 0 saturated carbocycles. The van der Waals surface area contributed by atoms with E-state index in [2.05, 4.69) is 6.58 Å². The Kier molecular flexibility index (Phi) is 4.50. The first-order valence-electron chi connectivity index (χ1n) is 7.95. The Labute approximate surface area is 151 Å². The first kappa shape index (κ1) is 17.4. The standard InChI is InChI=1S/C20H18ClNO3/c1-3-12-22-17-7-5-4-6-16(17)20(25,19(22)24)13(2)18(23)14-8-10-15(21)11-9-14/h3-11,13,25H,1,12H2,2H3/t13-,20+/m1/s1. The number of aliphatic hydroxyl groups is 1. The molecule has 3 rings (SSSR count). The van der Waals surface area contributed by atoms with Crippen molar-refractivity contribution in [1.82, 2.24) is 0 Å². The van der Waals surface area contributed by atoms with Crippen molar-refractivity contribution in [2.45, 2.75) is 12.5 Å². The van der Waals surface area contributed by atoms with E-state index in [0.29, 0.717) is 21.8 Å². The number of fused-ring (bicyclic) bond motifs is 1. The van der Waals surface area contributed by atoms with Gasteiger partial charge >= 0.3 is 0 Å². The molecular formula is C20H18ClNO3. The topological polar surface area (TPSA) is 57.6 Å². The highest BCUT2D eigenvalue weighted by atomic mass is 35.5. The fraction of sp³-hybridized carbons (Fsp3) is 0.200. The molecule has 1 heterocycles. The van der Waals surface area contributed by atoms with Gasteiger partial charge in [-0.1, -0.05) is 42.8 Å². The number of Topliss-reactive ketones (excluding diaryl/α,β-unsaturated/α-hetero) is 1. The molecule has 25 heavy (non-hydrogen) atoms. The van der Waals surface area contributed by atoms with Crippen molar-refractivity contribution >= 4 is 29.0 Å². The minimum atomic E-state index is -1.91. The molecule has 2 atom stereocenters. The van der Waals surface area contributed by atoms with Gasteiger partial charge in [0.25, 0.3) is 5.91 Å². The molecule has 0 spiro atoms. The lowest BCUT2D eigenvalue weighted by atomic mass is 9.79. The maximum atomic E-state index is 13.0. The summed E-state index contributed by atoms with van der Waals surface area (Å²) in [5, 5.41) is 11.8. The fourth-order valence-electron chi connectivity index (χ4n) is 3.24. The lowest BCUT2D eigenvalue weighted by molar-refractivity contribution is -0.139. The first-order chi connectivity index (χ1) is 11.9. The maximum absolute atomic E-state index is 13.0. The van der Waals surface area contributed by atoms with Crippen LogP contribution >= 0.6 is 11.6 Å². The number of carbonyl (C=O) groups is 2. The third kappa shape index (κ3) is 2.68. The number of carbonyl (C=O) groups excluding carboxylic acids is 2. The molecule has 0 saturated heterocycles. The van der Waals surface area contributed by atoms with E-state index in [-0.39, 0.29) is 12.3 Å². The number of ketones is 1. The first-order valence-corrected chi connectivity index (χ1v) is 8.33. The zero-order valence-corrected chi connectivity index (χ0v) is 14.5. The number of nitrogens with zero attached hydrogens (tertiary/aromatic N) is 1. The Balaban J connectivity index is 2.05. The molecule has 0 aromatic heterocycles. The van der Waals surface area contributed by atoms with Crippen molar-refractivity contribution in [3.8, 4) is 0 Å². The van der Waals surface area contributed by atoms with E-state index in [1.165, 1.54) is 4.90 Å². The zero-order valence-electron chi connectivity index (χ0n) is 13.8. The van der Waals surface area contributed by atoms with Crippen LogP contribution in [-0.2, 0) is 10.4 Å². The van der Waals surface area contributed by atoms with Crippen LogP contribution in [0, 0.1) is 5.92 Å². The van der Waals surface area contributed by atoms with Crippen LogP contribution in [-0.4, -0.2) is 23.3 Å². The summed E-state index contributed by atoms with van der Waals surface area (Å²) in [7, 11) is 0. The van der Waals surface area contributed by atoms with E-state index < -0.39 is 17.4 Å². The van der Waals surface area contributed by atoms with Crippen molar-refractivity contribution in [1.29, 1.82) is 0 Å². The number of anilines is 1. The summed E-state index contributed by atoms with van der Waals surface area (Å²) in [4.78, 5) is 27.3. The molecule has 1 aliphatic rings. The molecular weight excluding hydrogens is 338 g/mol. The van der Waals surface area contributed by atoms with Gasteiger partial charge in [0.05, 0.1) is 11.6 Å². The maximum Gasteiger partial charge on any atom is 0.264 e. The van der Waals surface area contributed by atoms with Gasteiger partial charge in [-0.25, -0.2) is 0 Å². The predicted molar refractivity (Wildman–Crippen MR) is 97.8 cm³/mol. The van der Waals surface area contributed by atoms with Crippen molar-refractivity contribution in [2.75, 3.05) is 11.4 Å². The van der Waals surface area contributed by atoms with Crippen LogP contribution in [0.3, 0.4) is 0 Å². The third-order valence-corrected chi connectivity index (χ3v) is 4.89. The molecule has 0 bridgehead atoms. The smallest absolute Gasteiger partial charge is 0.264 e. The number of para-hydroxylation sites is 1. The second-order valence-electron chi connectivity index (χ2n) is 6.08. The van der Waals surface area contributed by atoms with Crippen LogP contribution in [0.15, 0.2) is 61.2 Å². The molecule has 0 fully saturated rings. The number of benzene rings is 2. The fourth-order valence-corrected chi connectivity index (χ4v) is 3.37. The number of hydrogen-bond donors (Lipinski definition) is 1. The van der Waals surface area contributed by atoms with Crippen molar-refractivity contribution in [2.24, 2.45) is 5.92 Å². The number of amides is 1. The number of halogens is 1. The lowest BCUT2D eigenvalue weighted by Gasteiger charge is -2.28. The van der Waals surface area contributed by atoms with E-state index in [9.17, 15) is 14.7 Å². The third-order valence-electron chi connectivity index (χ3n) is 4.64. The van der Waals surface area contributed by atoms with Crippen LogP contribution in [0.2, 0.25) is 5.02 Å². The minimum absolute atomic E-state index is 0.264. The van der Waals surface area contributed by atoms with Crippen molar-refractivity contribution in [3.63, 3.8) is 0 Å². The predicted octanol–water partition coefficient (Wildman–Crippen LogP) is 3.58. The van der Waals surface area contributed by atoms with Gasteiger partial charge in [0.1, 0.15) is 0 Å². The Morgan fingerprint density at radius 1 is 1.28 bits per heavy atom. The van der Waals surface area contributed by atoms with Gasteiger partial charge in [-0.05, 0) is 30.3 Å². The second kappa shape index (κ2) is 6.47. The highest BCUT2D eigenvalue weighted by molar-refractivity contribution is 6.30. The second-order valence-corrected chi connectivity index (χ2v) is 6.52. The van der Waals surface area contributed by atoms with Crippen LogP contribution in [0.5, 0.6) is 0 Å². The molecule has 128 valence electrons.